The molecule has 0 spiro atoms. The molecule has 114 valence electrons. The van der Waals surface area contributed by atoms with Crippen LogP contribution in [-0.4, -0.2) is 37.1 Å². The van der Waals surface area contributed by atoms with Crippen LogP contribution >= 0.6 is 0 Å². The molecule has 1 fully saturated rings. The first-order chi connectivity index (χ1) is 9.15. The maximum atomic E-state index is 3.64. The van der Waals surface area contributed by atoms with Gasteiger partial charge in [0.05, 0.1) is 0 Å². The molecule has 1 rings (SSSR count). The fraction of sp³-hybridized carbons (Fsp3) is 1.00. The molecular weight excluding hydrogens is 232 g/mol. The maximum absolute atomic E-state index is 3.64. The van der Waals surface area contributed by atoms with Gasteiger partial charge in [0.25, 0.3) is 0 Å². The van der Waals surface area contributed by atoms with Crippen molar-refractivity contribution in [3.05, 3.63) is 0 Å². The van der Waals surface area contributed by atoms with Crippen LogP contribution in [0.2, 0.25) is 0 Å². The van der Waals surface area contributed by atoms with Gasteiger partial charge < -0.3 is 5.32 Å². The molecule has 19 heavy (non-hydrogen) atoms. The molecular formula is C17H36N2. The number of hydrogen-bond acceptors (Lipinski definition) is 2. The Balaban J connectivity index is 2.55. The van der Waals surface area contributed by atoms with Crippen LogP contribution in [0.25, 0.3) is 0 Å². The van der Waals surface area contributed by atoms with Crippen LogP contribution in [0.5, 0.6) is 0 Å². The van der Waals surface area contributed by atoms with Crippen LogP contribution in [0.1, 0.15) is 72.6 Å². The Morgan fingerprint density at radius 2 is 1.95 bits per heavy atom. The monoisotopic (exact) mass is 268 g/mol. The molecule has 2 nitrogen and oxygen atoms in total. The standard InChI is InChI=1S/C17H36N2/c1-5-12-18-14-17(4,7-3)15-19-13-10-8-9-11-16(19)6-2/h16,18H,5-15H2,1-4H3. The van der Waals surface area contributed by atoms with Gasteiger partial charge in [0.2, 0.25) is 0 Å². The summed E-state index contributed by atoms with van der Waals surface area (Å²) < 4.78 is 0. The highest BCUT2D eigenvalue weighted by Crippen LogP contribution is 2.27. The summed E-state index contributed by atoms with van der Waals surface area (Å²) in [6, 6.07) is 0.833. The molecule has 0 saturated carbocycles. The Kier molecular flexibility index (Phi) is 8.01. The lowest BCUT2D eigenvalue weighted by Crippen LogP contribution is -2.46. The normalized spacial score (nSPS) is 24.9. The number of nitrogens with one attached hydrogen (secondary N) is 1. The molecule has 1 aliphatic heterocycles. The van der Waals surface area contributed by atoms with E-state index in [1.54, 1.807) is 0 Å². The third kappa shape index (κ3) is 5.83. The van der Waals surface area contributed by atoms with Gasteiger partial charge in [-0.15, -0.1) is 0 Å². The quantitative estimate of drug-likeness (QED) is 0.668. The van der Waals surface area contributed by atoms with Crippen molar-refractivity contribution in [3.8, 4) is 0 Å². The molecule has 1 heterocycles. The molecule has 2 heteroatoms. The summed E-state index contributed by atoms with van der Waals surface area (Å²) in [5.41, 5.74) is 0.437. The van der Waals surface area contributed by atoms with Crippen LogP contribution < -0.4 is 5.32 Å². The third-order valence-corrected chi connectivity index (χ3v) is 4.89. The summed E-state index contributed by atoms with van der Waals surface area (Å²) in [4.78, 5) is 2.80. The predicted molar refractivity (Wildman–Crippen MR) is 85.7 cm³/mol. The van der Waals surface area contributed by atoms with Crippen molar-refractivity contribution < 1.29 is 0 Å². The van der Waals surface area contributed by atoms with Gasteiger partial charge in [-0.05, 0) is 50.6 Å². The van der Waals surface area contributed by atoms with Crippen LogP contribution in [-0.2, 0) is 0 Å². The molecule has 0 aromatic carbocycles. The summed E-state index contributed by atoms with van der Waals surface area (Å²) >= 11 is 0. The van der Waals surface area contributed by atoms with E-state index in [2.05, 4.69) is 37.9 Å². The second-order valence-electron chi connectivity index (χ2n) is 6.72. The van der Waals surface area contributed by atoms with Gasteiger partial charge in [-0.1, -0.05) is 40.5 Å². The van der Waals surface area contributed by atoms with E-state index in [-0.39, 0.29) is 0 Å². The minimum Gasteiger partial charge on any atom is -0.316 e. The van der Waals surface area contributed by atoms with Crippen molar-refractivity contribution in [2.24, 2.45) is 5.41 Å². The lowest BCUT2D eigenvalue weighted by Gasteiger charge is -2.38. The molecule has 0 aromatic heterocycles. The molecule has 0 aliphatic carbocycles. The minimum atomic E-state index is 0.437. The average Bonchev–Trinajstić information content (AvgIpc) is 2.64. The average molecular weight is 268 g/mol. The van der Waals surface area contributed by atoms with Crippen LogP contribution in [0.3, 0.4) is 0 Å². The van der Waals surface area contributed by atoms with E-state index < -0.39 is 0 Å². The van der Waals surface area contributed by atoms with E-state index in [1.807, 2.05) is 0 Å². The fourth-order valence-electron chi connectivity index (χ4n) is 3.26. The predicted octanol–water partition coefficient (Wildman–Crippen LogP) is 4.06. The van der Waals surface area contributed by atoms with E-state index >= 15 is 0 Å². The van der Waals surface area contributed by atoms with Gasteiger partial charge in [-0.25, -0.2) is 0 Å². The highest BCUT2D eigenvalue weighted by molar-refractivity contribution is 4.84. The molecule has 0 aromatic rings. The Morgan fingerprint density at radius 1 is 1.16 bits per heavy atom. The van der Waals surface area contributed by atoms with Crippen LogP contribution in [0.4, 0.5) is 0 Å². The van der Waals surface area contributed by atoms with Crippen molar-refractivity contribution in [1.29, 1.82) is 0 Å². The second kappa shape index (κ2) is 8.97. The fourth-order valence-corrected chi connectivity index (χ4v) is 3.26. The van der Waals surface area contributed by atoms with E-state index in [0.29, 0.717) is 5.41 Å². The van der Waals surface area contributed by atoms with Crippen molar-refractivity contribution in [2.45, 2.75) is 78.7 Å². The molecule has 2 atom stereocenters. The molecule has 1 aliphatic rings. The molecule has 0 amide bonds. The van der Waals surface area contributed by atoms with Crippen LogP contribution in [0, 0.1) is 5.41 Å². The summed E-state index contributed by atoms with van der Waals surface area (Å²) in [5.74, 6) is 0. The largest absolute Gasteiger partial charge is 0.316 e. The van der Waals surface area contributed by atoms with Crippen molar-refractivity contribution >= 4 is 0 Å². The summed E-state index contributed by atoms with van der Waals surface area (Å²) in [6.45, 7) is 14.4. The summed E-state index contributed by atoms with van der Waals surface area (Å²) in [6.07, 6.45) is 9.52. The summed E-state index contributed by atoms with van der Waals surface area (Å²) in [7, 11) is 0. The number of nitrogens with zero attached hydrogens (tertiary/aromatic N) is 1. The molecule has 1 saturated heterocycles. The van der Waals surface area contributed by atoms with Gasteiger partial charge in [0.1, 0.15) is 0 Å². The second-order valence-corrected chi connectivity index (χ2v) is 6.72. The Bertz CT molecular complexity index is 229. The van der Waals surface area contributed by atoms with E-state index in [1.165, 1.54) is 64.6 Å². The molecule has 1 N–H and O–H groups in total. The van der Waals surface area contributed by atoms with E-state index in [9.17, 15) is 0 Å². The van der Waals surface area contributed by atoms with Gasteiger partial charge in [0, 0.05) is 19.1 Å². The van der Waals surface area contributed by atoms with E-state index in [0.717, 1.165) is 12.6 Å². The molecule has 2 unspecified atom stereocenters. The first-order valence-electron chi connectivity index (χ1n) is 8.60. The van der Waals surface area contributed by atoms with Crippen molar-refractivity contribution in [2.75, 3.05) is 26.2 Å². The van der Waals surface area contributed by atoms with Gasteiger partial charge >= 0.3 is 0 Å². The first-order valence-corrected chi connectivity index (χ1v) is 8.60. The zero-order valence-corrected chi connectivity index (χ0v) is 13.8. The van der Waals surface area contributed by atoms with Gasteiger partial charge in [0.15, 0.2) is 0 Å². The first kappa shape index (κ1) is 17.0. The summed E-state index contributed by atoms with van der Waals surface area (Å²) in [5, 5.41) is 3.64. The highest BCUT2D eigenvalue weighted by Gasteiger charge is 2.28. The maximum Gasteiger partial charge on any atom is 0.00928 e. The topological polar surface area (TPSA) is 15.3 Å². The third-order valence-electron chi connectivity index (χ3n) is 4.89. The number of rotatable bonds is 8. The Hall–Kier alpha value is -0.0800. The lowest BCUT2D eigenvalue weighted by atomic mass is 9.86. The highest BCUT2D eigenvalue weighted by atomic mass is 15.2. The smallest absolute Gasteiger partial charge is 0.00928 e. The lowest BCUT2D eigenvalue weighted by molar-refractivity contribution is 0.113. The van der Waals surface area contributed by atoms with Crippen LogP contribution in [0.15, 0.2) is 0 Å². The van der Waals surface area contributed by atoms with Crippen molar-refractivity contribution in [1.82, 2.24) is 10.2 Å². The number of hydrogen-bond donors (Lipinski definition) is 1. The van der Waals surface area contributed by atoms with Crippen molar-refractivity contribution in [3.63, 3.8) is 0 Å². The Morgan fingerprint density at radius 3 is 2.58 bits per heavy atom. The number of likely N-dealkylation sites (tertiary alicyclic amines) is 1. The zero-order chi connectivity index (χ0) is 14.1. The SMILES string of the molecule is CCCNCC(C)(CC)CN1CCCCCC1CC. The zero-order valence-electron chi connectivity index (χ0n) is 13.8. The molecule has 0 radical (unpaired) electrons. The Labute approximate surface area is 121 Å². The van der Waals surface area contributed by atoms with E-state index in [4.69, 9.17) is 0 Å². The van der Waals surface area contributed by atoms with Gasteiger partial charge in [-0.2, -0.15) is 0 Å². The van der Waals surface area contributed by atoms with Gasteiger partial charge in [-0.3, -0.25) is 4.90 Å². The molecule has 0 bridgehead atoms. The minimum absolute atomic E-state index is 0.437.